The molecule has 0 aromatic heterocycles. The van der Waals surface area contributed by atoms with E-state index in [0.717, 1.165) is 12.3 Å². The quantitative estimate of drug-likeness (QED) is 0.873. The van der Waals surface area contributed by atoms with E-state index in [9.17, 15) is 5.11 Å². The van der Waals surface area contributed by atoms with Crippen LogP contribution in [-0.4, -0.2) is 17.3 Å². The minimum absolute atomic E-state index is 0.0637. The Hall–Kier alpha value is -0.860. The summed E-state index contributed by atoms with van der Waals surface area (Å²) in [5, 5.41) is 11.2. The molecule has 0 spiro atoms. The molecule has 0 saturated heterocycles. The van der Waals surface area contributed by atoms with Gasteiger partial charge in [-0.05, 0) is 43.6 Å². The predicted octanol–water partition coefficient (Wildman–Crippen LogP) is 2.75. The zero-order valence-corrected chi connectivity index (χ0v) is 11.8. The van der Waals surface area contributed by atoms with Crippen molar-refractivity contribution in [1.82, 2.24) is 0 Å². The van der Waals surface area contributed by atoms with Crippen molar-refractivity contribution in [3.63, 3.8) is 0 Å². The molecule has 0 aliphatic heterocycles. The van der Waals surface area contributed by atoms with E-state index in [0.29, 0.717) is 18.9 Å². The molecule has 4 unspecified atom stereocenters. The van der Waals surface area contributed by atoms with Gasteiger partial charge in [0.1, 0.15) is 0 Å². The third-order valence-electron chi connectivity index (χ3n) is 5.80. The molecule has 2 aliphatic carbocycles. The first kappa shape index (κ1) is 13.1. The van der Waals surface area contributed by atoms with Crippen LogP contribution in [0.5, 0.6) is 0 Å². The summed E-state index contributed by atoms with van der Waals surface area (Å²) in [7, 11) is 0. The minimum atomic E-state index is -0.692. The van der Waals surface area contributed by atoms with E-state index in [1.165, 1.54) is 24.8 Å². The molecule has 19 heavy (non-hydrogen) atoms. The van der Waals surface area contributed by atoms with Crippen molar-refractivity contribution in [3.8, 4) is 0 Å². The number of aliphatic hydroxyl groups is 1. The van der Waals surface area contributed by atoms with Crippen LogP contribution in [0, 0.1) is 17.3 Å². The van der Waals surface area contributed by atoms with Crippen LogP contribution >= 0.6 is 0 Å². The second-order valence-corrected chi connectivity index (χ2v) is 6.88. The Bertz CT molecular complexity index is 442. The minimum Gasteiger partial charge on any atom is -0.389 e. The number of nitrogens with two attached hydrogens (primary N) is 1. The lowest BCUT2D eigenvalue weighted by molar-refractivity contribution is -0.0956. The van der Waals surface area contributed by atoms with Gasteiger partial charge in [0.25, 0.3) is 0 Å². The van der Waals surface area contributed by atoms with E-state index in [1.807, 2.05) is 25.1 Å². The summed E-state index contributed by atoms with van der Waals surface area (Å²) in [6, 6.07) is 10.3. The Kier molecular flexibility index (Phi) is 3.18. The molecule has 104 valence electrons. The van der Waals surface area contributed by atoms with Gasteiger partial charge in [0.2, 0.25) is 0 Å². The smallest absolute Gasteiger partial charge is 0.0730 e. The van der Waals surface area contributed by atoms with Gasteiger partial charge in [-0.1, -0.05) is 36.8 Å². The average molecular weight is 259 g/mol. The number of benzene rings is 1. The van der Waals surface area contributed by atoms with Crippen molar-refractivity contribution < 1.29 is 5.11 Å². The van der Waals surface area contributed by atoms with Crippen molar-refractivity contribution in [3.05, 3.63) is 35.9 Å². The maximum atomic E-state index is 11.2. The normalized spacial score (nSPS) is 36.4. The lowest BCUT2D eigenvalue weighted by Crippen LogP contribution is -2.55. The third kappa shape index (κ3) is 2.02. The Balaban J connectivity index is 1.86. The van der Waals surface area contributed by atoms with Crippen LogP contribution in [-0.2, 0) is 6.42 Å². The highest BCUT2D eigenvalue weighted by atomic mass is 16.3. The lowest BCUT2D eigenvalue weighted by Gasteiger charge is -2.48. The van der Waals surface area contributed by atoms with Gasteiger partial charge in [0.05, 0.1) is 5.60 Å². The van der Waals surface area contributed by atoms with Crippen LogP contribution < -0.4 is 5.73 Å². The molecule has 3 rings (SSSR count). The number of fused-ring (bicyclic) bond motifs is 2. The highest BCUT2D eigenvalue weighted by Gasteiger charge is 2.58. The van der Waals surface area contributed by atoms with E-state index in [4.69, 9.17) is 5.73 Å². The summed E-state index contributed by atoms with van der Waals surface area (Å²) in [6.07, 6.45) is 5.71. The molecule has 2 bridgehead atoms. The third-order valence-corrected chi connectivity index (χ3v) is 5.80. The second kappa shape index (κ2) is 4.60. The highest BCUT2D eigenvalue weighted by Crippen LogP contribution is 2.60. The summed E-state index contributed by atoms with van der Waals surface area (Å²) in [5.74, 6) is 1.43. The fourth-order valence-electron chi connectivity index (χ4n) is 4.74. The molecule has 2 nitrogen and oxygen atoms in total. The standard InChI is InChI=1S/C17H25NO/c1-16(19,10-13-5-3-2-4-6-13)17(12-18)11-14-7-8-15(17)9-14/h2-6,14-15,19H,7-12,18H2,1H3. The van der Waals surface area contributed by atoms with Gasteiger partial charge < -0.3 is 10.8 Å². The predicted molar refractivity (Wildman–Crippen MR) is 77.7 cm³/mol. The molecule has 2 saturated carbocycles. The average Bonchev–Trinajstić information content (AvgIpc) is 3.00. The second-order valence-electron chi connectivity index (χ2n) is 6.88. The number of hydrogen-bond acceptors (Lipinski definition) is 2. The molecule has 0 amide bonds. The van der Waals surface area contributed by atoms with E-state index in [2.05, 4.69) is 12.1 Å². The molecular formula is C17H25NO. The molecule has 2 aliphatic rings. The van der Waals surface area contributed by atoms with Crippen LogP contribution in [0.25, 0.3) is 0 Å². The first-order chi connectivity index (χ1) is 9.07. The molecule has 3 N–H and O–H groups in total. The van der Waals surface area contributed by atoms with E-state index < -0.39 is 5.60 Å². The van der Waals surface area contributed by atoms with Gasteiger partial charge in [0, 0.05) is 18.4 Å². The topological polar surface area (TPSA) is 46.2 Å². The van der Waals surface area contributed by atoms with E-state index in [1.54, 1.807) is 0 Å². The first-order valence-corrected chi connectivity index (χ1v) is 7.54. The summed E-state index contributed by atoms with van der Waals surface area (Å²) in [5.41, 5.74) is 6.59. The van der Waals surface area contributed by atoms with Crippen molar-refractivity contribution in [2.75, 3.05) is 6.54 Å². The molecule has 0 radical (unpaired) electrons. The fourth-order valence-corrected chi connectivity index (χ4v) is 4.74. The monoisotopic (exact) mass is 259 g/mol. The molecule has 2 heteroatoms. The van der Waals surface area contributed by atoms with Crippen LogP contribution in [0.2, 0.25) is 0 Å². The van der Waals surface area contributed by atoms with Crippen LogP contribution in [0.1, 0.15) is 38.2 Å². The zero-order chi connectivity index (χ0) is 13.5. The molecular weight excluding hydrogens is 234 g/mol. The lowest BCUT2D eigenvalue weighted by atomic mass is 9.61. The maximum absolute atomic E-state index is 11.2. The van der Waals surface area contributed by atoms with Crippen molar-refractivity contribution in [2.24, 2.45) is 23.0 Å². The van der Waals surface area contributed by atoms with Gasteiger partial charge >= 0.3 is 0 Å². The fraction of sp³-hybridized carbons (Fsp3) is 0.647. The molecule has 2 fully saturated rings. The molecule has 4 atom stereocenters. The number of hydrogen-bond donors (Lipinski definition) is 2. The van der Waals surface area contributed by atoms with Gasteiger partial charge in [-0.2, -0.15) is 0 Å². The zero-order valence-electron chi connectivity index (χ0n) is 11.8. The van der Waals surface area contributed by atoms with Crippen LogP contribution in [0.15, 0.2) is 30.3 Å². The number of rotatable bonds is 4. The van der Waals surface area contributed by atoms with Crippen LogP contribution in [0.3, 0.4) is 0 Å². The first-order valence-electron chi connectivity index (χ1n) is 7.54. The highest BCUT2D eigenvalue weighted by molar-refractivity contribution is 5.20. The largest absolute Gasteiger partial charge is 0.389 e. The van der Waals surface area contributed by atoms with Crippen molar-refractivity contribution in [1.29, 1.82) is 0 Å². The Labute approximate surface area is 116 Å². The molecule has 1 aromatic carbocycles. The summed E-state index contributed by atoms with van der Waals surface area (Å²) >= 11 is 0. The van der Waals surface area contributed by atoms with Gasteiger partial charge in [-0.3, -0.25) is 0 Å². The van der Waals surface area contributed by atoms with Gasteiger partial charge in [-0.15, -0.1) is 0 Å². The van der Waals surface area contributed by atoms with Crippen molar-refractivity contribution in [2.45, 2.75) is 44.6 Å². The molecule has 0 heterocycles. The summed E-state index contributed by atoms with van der Waals surface area (Å²) in [6.45, 7) is 2.63. The Morgan fingerprint density at radius 3 is 2.58 bits per heavy atom. The Morgan fingerprint density at radius 2 is 2.05 bits per heavy atom. The van der Waals surface area contributed by atoms with Gasteiger partial charge in [-0.25, -0.2) is 0 Å². The Morgan fingerprint density at radius 1 is 1.32 bits per heavy atom. The summed E-state index contributed by atoms with van der Waals surface area (Å²) < 4.78 is 0. The van der Waals surface area contributed by atoms with E-state index in [-0.39, 0.29) is 5.41 Å². The SMILES string of the molecule is CC(O)(Cc1ccccc1)C1(CN)CC2CCC1C2. The maximum Gasteiger partial charge on any atom is 0.0730 e. The van der Waals surface area contributed by atoms with Gasteiger partial charge in [0.15, 0.2) is 0 Å². The molecule has 1 aromatic rings. The summed E-state index contributed by atoms with van der Waals surface area (Å²) in [4.78, 5) is 0. The van der Waals surface area contributed by atoms with Crippen LogP contribution in [0.4, 0.5) is 0 Å². The van der Waals surface area contributed by atoms with Crippen molar-refractivity contribution >= 4 is 0 Å². The van der Waals surface area contributed by atoms with E-state index >= 15 is 0 Å².